The molecule has 3 amide bonds. The molecule has 0 aliphatic heterocycles. The predicted octanol–water partition coefficient (Wildman–Crippen LogP) is 7.48. The third-order valence-electron chi connectivity index (χ3n) is 17.4. The summed E-state index contributed by atoms with van der Waals surface area (Å²) in [6, 6.07) is 32.5. The van der Waals surface area contributed by atoms with Crippen molar-refractivity contribution >= 4 is 87.9 Å². The number of para-hydroxylation sites is 3. The SMILES string of the molecule is C#CCN(N)C(=O)CN[C@@H](CCCCN(CC=C)S(=O)(=O)c1ccccc1[N+](=O)[O-])C(=O)CC.C#CCN(N=C(c1ccccc1)c1ccccc1)C(=O)CN[C@@H](CCCCN(CC=C)S(=O)(=O)c1ccccc1[N+](=O)[O-])C(=O)CC.C#CCN(NC)C(=O)CN[C@@H](CCCCN(CC=C)S(=O)(=O)c1ccccc1[N+](=O)[O-])C(=O)CC. The van der Waals surface area contributed by atoms with Gasteiger partial charge in [-0.15, -0.1) is 39.0 Å². The van der Waals surface area contributed by atoms with Gasteiger partial charge in [-0.3, -0.25) is 85.1 Å². The number of nitrogens with zero attached hydrogens (tertiary/aromatic N) is 10. The number of nitro groups is 3. The number of nitrogens with two attached hydrogens (primary N) is 1. The minimum absolute atomic E-state index is 0.0204. The summed E-state index contributed by atoms with van der Waals surface area (Å²) < 4.78 is 82.3. The molecule has 0 unspecified atom stereocenters. The van der Waals surface area contributed by atoms with Crippen LogP contribution >= 0.6 is 0 Å². The van der Waals surface area contributed by atoms with Crippen LogP contribution in [0, 0.1) is 67.4 Å². The van der Waals surface area contributed by atoms with Gasteiger partial charge in [-0.05, 0) is 56.7 Å². The minimum Gasteiger partial charge on any atom is -0.299 e. The van der Waals surface area contributed by atoms with Gasteiger partial charge in [0.1, 0.15) is 23.9 Å². The van der Waals surface area contributed by atoms with Gasteiger partial charge in [-0.25, -0.2) is 41.5 Å². The largest absolute Gasteiger partial charge is 0.299 e. The lowest BCUT2D eigenvalue weighted by atomic mass is 10.0. The predicted molar refractivity (Wildman–Crippen MR) is 442 cm³/mol. The average Bonchev–Trinajstić information content (AvgIpc) is 0.802. The van der Waals surface area contributed by atoms with E-state index in [1.54, 1.807) is 27.8 Å². The van der Waals surface area contributed by atoms with E-state index in [0.717, 1.165) is 47.3 Å². The molecule has 0 aliphatic carbocycles. The number of nitro benzene ring substituents is 3. The zero-order valence-corrected chi connectivity index (χ0v) is 68.1. The number of hydrogen-bond acceptors (Lipinski definition) is 24. The fourth-order valence-electron chi connectivity index (χ4n) is 11.4. The molecular formula is C80H103N15O18S3. The molecular weight excluding hydrogens is 1560 g/mol. The van der Waals surface area contributed by atoms with Gasteiger partial charge in [0.05, 0.1) is 71.3 Å². The molecule has 33 nitrogen and oxygen atoms in total. The number of Topliss-reactive ketones (excluding diaryl/α,β-unsaturated/α-hetero) is 3. The second-order valence-electron chi connectivity index (χ2n) is 25.3. The molecule has 0 aliphatic rings. The number of hydrazone groups is 1. The van der Waals surface area contributed by atoms with Crippen LogP contribution in [-0.2, 0) is 58.8 Å². The highest BCUT2D eigenvalue weighted by atomic mass is 32.2. The summed E-state index contributed by atoms with van der Waals surface area (Å²) in [7, 11) is -10.9. The van der Waals surface area contributed by atoms with Gasteiger partial charge in [0.25, 0.3) is 34.8 Å². The lowest BCUT2D eigenvalue weighted by molar-refractivity contribution is -0.388. The molecule has 6 N–H and O–H groups in total. The summed E-state index contributed by atoms with van der Waals surface area (Å²) in [6.45, 7) is 15.5. The number of amides is 3. The van der Waals surface area contributed by atoms with Crippen LogP contribution in [0.25, 0.3) is 0 Å². The Labute approximate surface area is 679 Å². The maximum Gasteiger partial charge on any atom is 0.289 e. The van der Waals surface area contributed by atoms with Crippen LogP contribution in [-0.4, -0.2) is 212 Å². The van der Waals surface area contributed by atoms with E-state index in [1.807, 2.05) is 60.7 Å². The van der Waals surface area contributed by atoms with Gasteiger partial charge in [0.15, 0.2) is 14.7 Å². The van der Waals surface area contributed by atoms with Crippen LogP contribution in [0.4, 0.5) is 17.1 Å². The lowest BCUT2D eigenvalue weighted by Gasteiger charge is -2.23. The van der Waals surface area contributed by atoms with E-state index in [1.165, 1.54) is 82.8 Å². The van der Waals surface area contributed by atoms with Gasteiger partial charge in [-0.2, -0.15) is 18.0 Å². The smallest absolute Gasteiger partial charge is 0.289 e. The van der Waals surface area contributed by atoms with Gasteiger partial charge >= 0.3 is 0 Å². The van der Waals surface area contributed by atoms with Crippen molar-refractivity contribution in [1.82, 2.24) is 49.3 Å². The van der Waals surface area contributed by atoms with Crippen LogP contribution < -0.4 is 27.2 Å². The van der Waals surface area contributed by atoms with Crippen LogP contribution in [0.1, 0.15) is 109 Å². The third kappa shape index (κ3) is 31.5. The number of carbonyl (C=O) groups excluding carboxylic acids is 6. The molecule has 0 saturated carbocycles. The Morgan fingerprint density at radius 3 is 1.06 bits per heavy atom. The molecule has 116 heavy (non-hydrogen) atoms. The molecule has 3 atom stereocenters. The Bertz CT molecular complexity index is 4630. The van der Waals surface area contributed by atoms with E-state index in [-0.39, 0.29) is 131 Å². The molecule has 0 heterocycles. The number of hydrazine groups is 2. The Kier molecular flexibility index (Phi) is 44.7. The number of ketones is 3. The molecule has 5 aromatic carbocycles. The van der Waals surface area contributed by atoms with Gasteiger partial charge < -0.3 is 0 Å². The molecule has 5 rings (SSSR count). The van der Waals surface area contributed by atoms with E-state index in [2.05, 4.69) is 64.0 Å². The zero-order chi connectivity index (χ0) is 86.4. The van der Waals surface area contributed by atoms with E-state index >= 15 is 0 Å². The number of unbranched alkanes of at least 4 members (excludes halogenated alkanes) is 3. The van der Waals surface area contributed by atoms with Gasteiger partial charge in [0, 0.05) is 94.9 Å². The molecule has 0 aromatic heterocycles. The number of carbonyl (C=O) groups is 6. The first-order valence-corrected chi connectivity index (χ1v) is 41.3. The molecule has 5 aromatic rings. The first kappa shape index (κ1) is 99.0. The average molecular weight is 1660 g/mol. The summed E-state index contributed by atoms with van der Waals surface area (Å²) >= 11 is 0. The van der Waals surface area contributed by atoms with Gasteiger partial charge in [0.2, 0.25) is 30.1 Å². The number of sulfonamides is 3. The number of terminal acetylenes is 3. The topological polar surface area (TPSA) is 440 Å². The van der Waals surface area contributed by atoms with Crippen LogP contribution in [0.5, 0.6) is 0 Å². The number of nitrogens with one attached hydrogen (secondary N) is 4. The van der Waals surface area contributed by atoms with Crippen molar-refractivity contribution in [3.05, 3.63) is 213 Å². The minimum atomic E-state index is -4.19. The summed E-state index contributed by atoms with van der Waals surface area (Å²) in [5.41, 5.74) is 3.35. The fraction of sp³-hybridized carbons (Fsp3) is 0.388. The van der Waals surface area contributed by atoms with E-state index in [4.69, 9.17) is 25.1 Å². The fourth-order valence-corrected chi connectivity index (χ4v) is 16.2. The second kappa shape index (κ2) is 52.3. The monoisotopic (exact) mass is 1660 g/mol. The van der Waals surface area contributed by atoms with Crippen molar-refractivity contribution in [3.8, 4) is 37.0 Å². The summed E-state index contributed by atoms with van der Waals surface area (Å²) in [5, 5.41) is 50.9. The normalized spacial score (nSPS) is 11.9. The van der Waals surface area contributed by atoms with E-state index < -0.39 is 96.7 Å². The highest BCUT2D eigenvalue weighted by molar-refractivity contribution is 7.89. The molecule has 0 radical (unpaired) electrons. The van der Waals surface area contributed by atoms with Gasteiger partial charge in [-0.1, -0.05) is 173 Å². The van der Waals surface area contributed by atoms with Crippen molar-refractivity contribution in [1.29, 1.82) is 0 Å². The number of benzene rings is 5. The zero-order valence-electron chi connectivity index (χ0n) is 65.6. The number of hydrogen-bond donors (Lipinski definition) is 5. The Balaban J connectivity index is 0.000000459. The molecule has 0 saturated heterocycles. The van der Waals surface area contributed by atoms with Crippen LogP contribution in [0.2, 0.25) is 0 Å². The standard InChI is InChI=1S/C35H39N5O6S.C23H33N5O6S.C22H31N5O6S/c1-4-24-38(47(45,46)33-23-14-13-22-31(33)40(43)44)26-16-15-21-30(32(41)6-3)36-27-34(42)39(25-5-2)37-35(28-17-9-7-10-18-28)29-19-11-8-12-20-29;1-5-15-26(35(33,34)22-14-9-8-13-20(22)28(31)32)17-11-10-12-19(21(29)7-3)25-18-23(30)27(24-4)16-6-2;1-4-14-25(34(32,33)21-13-8-7-12-19(21)27(30)31)16-10-9-11-18(20(28)6-3)24-17-22(29)26(23)15-5-2/h2,4,7-14,17-20,22-23,30,36H,1,6,15-16,21,24-27H2,3H3;2,5,8-9,13-14,19,24-25H,1,7,10-12,15-18H2,3-4H3;2,4,7-8,12-13,18,24H,1,6,9-11,14-17,23H2,3H3/t30-;19-;18-/m000/s1. The maximum atomic E-state index is 13.4. The van der Waals surface area contributed by atoms with E-state index in [0.29, 0.717) is 63.5 Å². The summed E-state index contributed by atoms with van der Waals surface area (Å²) in [5.74, 6) is 11.2. The van der Waals surface area contributed by atoms with Crippen LogP contribution in [0.15, 0.2) is 191 Å². The third-order valence-corrected chi connectivity index (χ3v) is 23.2. The van der Waals surface area contributed by atoms with Crippen molar-refractivity contribution in [2.75, 3.05) is 85.6 Å². The molecule has 0 bridgehead atoms. The first-order valence-electron chi connectivity index (χ1n) is 37.0. The highest BCUT2D eigenvalue weighted by Gasteiger charge is 2.35. The van der Waals surface area contributed by atoms with Crippen molar-refractivity contribution in [3.63, 3.8) is 0 Å². The summed E-state index contributed by atoms with van der Waals surface area (Å²) in [4.78, 5) is 106. The van der Waals surface area contributed by atoms with Crippen molar-refractivity contribution < 1.29 is 68.8 Å². The first-order chi connectivity index (χ1) is 55.4. The molecule has 36 heteroatoms. The quantitative estimate of drug-likeness (QED) is 0.00368. The lowest BCUT2D eigenvalue weighted by Crippen LogP contribution is -2.48. The molecule has 0 spiro atoms. The Morgan fingerprint density at radius 1 is 0.466 bits per heavy atom. The Morgan fingerprint density at radius 2 is 0.767 bits per heavy atom. The Hall–Kier alpha value is -11.2. The van der Waals surface area contributed by atoms with E-state index in [9.17, 15) is 84.4 Å². The van der Waals surface area contributed by atoms with Crippen molar-refractivity contribution in [2.24, 2.45) is 10.9 Å². The van der Waals surface area contributed by atoms with Crippen molar-refractivity contribution in [2.45, 2.75) is 131 Å². The molecule has 624 valence electrons. The molecule has 0 fully saturated rings. The number of rotatable bonds is 52. The maximum absolute atomic E-state index is 13.4. The summed E-state index contributed by atoms with van der Waals surface area (Å²) in [6.07, 6.45) is 24.6. The van der Waals surface area contributed by atoms with Crippen LogP contribution in [0.3, 0.4) is 0 Å². The second-order valence-corrected chi connectivity index (χ2v) is 31.1. The highest BCUT2D eigenvalue weighted by Crippen LogP contribution is 2.30.